The van der Waals surface area contributed by atoms with Crippen molar-refractivity contribution in [2.75, 3.05) is 6.54 Å². The zero-order valence-electron chi connectivity index (χ0n) is 13.3. The molecule has 0 fully saturated rings. The Hall–Kier alpha value is -3.74. The number of aromatic nitrogens is 1. The molecule has 2 N–H and O–H groups in total. The number of aromatic hydroxyl groups is 1. The van der Waals surface area contributed by atoms with Crippen LogP contribution in [0.5, 0.6) is 5.75 Å². The average Bonchev–Trinajstić information content (AvgIpc) is 2.86. The maximum Gasteiger partial charge on any atom is 0.323 e. The summed E-state index contributed by atoms with van der Waals surface area (Å²) < 4.78 is 0. The van der Waals surface area contributed by atoms with E-state index in [-0.39, 0.29) is 16.9 Å². The lowest BCUT2D eigenvalue weighted by atomic mass is 10.0. The number of phenolic OH excluding ortho intramolecular Hbond substituents is 1. The molecule has 0 saturated carbocycles. The molecule has 0 spiro atoms. The first kappa shape index (κ1) is 15.8. The van der Waals surface area contributed by atoms with E-state index in [1.807, 2.05) is 6.07 Å². The summed E-state index contributed by atoms with van der Waals surface area (Å²) in [5.74, 6) is -2.48. The molecule has 4 rings (SSSR count). The number of para-hydroxylation sites is 1. The number of carboxylic acids is 1. The second-order valence-corrected chi connectivity index (χ2v) is 5.90. The molecule has 2 amide bonds. The molecule has 0 unspecified atom stereocenters. The number of benzene rings is 2. The van der Waals surface area contributed by atoms with Gasteiger partial charge < -0.3 is 10.2 Å². The number of pyridine rings is 1. The van der Waals surface area contributed by atoms with E-state index in [4.69, 9.17) is 5.11 Å². The van der Waals surface area contributed by atoms with Crippen molar-refractivity contribution in [2.45, 2.75) is 0 Å². The first-order valence-electron chi connectivity index (χ1n) is 7.77. The molecule has 0 atom stereocenters. The van der Waals surface area contributed by atoms with Crippen molar-refractivity contribution in [3.05, 3.63) is 59.7 Å². The Labute approximate surface area is 147 Å². The highest BCUT2D eigenvalue weighted by Gasteiger charge is 2.36. The fourth-order valence-electron chi connectivity index (χ4n) is 3.02. The number of nitrogens with zero attached hydrogens (tertiary/aromatic N) is 2. The number of carbonyl (C=O) groups excluding carboxylic acids is 2. The van der Waals surface area contributed by atoms with E-state index in [9.17, 15) is 19.5 Å². The number of fused-ring (bicyclic) bond motifs is 2. The Morgan fingerprint density at radius 2 is 1.77 bits per heavy atom. The summed E-state index contributed by atoms with van der Waals surface area (Å²) in [5, 5.41) is 19.6. The fourth-order valence-corrected chi connectivity index (χ4v) is 3.02. The van der Waals surface area contributed by atoms with Gasteiger partial charge in [0.25, 0.3) is 11.8 Å². The number of hydrogen-bond acceptors (Lipinski definition) is 5. The number of aliphatic carboxylic acids is 1. The van der Waals surface area contributed by atoms with Crippen LogP contribution in [0.4, 0.5) is 0 Å². The molecule has 7 heteroatoms. The Bertz CT molecular complexity index is 1110. The van der Waals surface area contributed by atoms with Gasteiger partial charge in [0.2, 0.25) is 0 Å². The minimum absolute atomic E-state index is 0.0457. The molecule has 1 aliphatic rings. The summed E-state index contributed by atoms with van der Waals surface area (Å²) in [6, 6.07) is 13.3. The van der Waals surface area contributed by atoms with Crippen molar-refractivity contribution in [3.63, 3.8) is 0 Å². The van der Waals surface area contributed by atoms with Crippen molar-refractivity contribution in [1.82, 2.24) is 9.88 Å². The topological polar surface area (TPSA) is 108 Å². The standard InChI is InChI=1S/C19H12N2O5/c22-15-3-1-2-10-5-7-14(20-17(10)15)11-4-6-12-13(8-11)19(26)21(18(12)25)9-16(23)24/h1-8,22H,9H2,(H,23,24). The molecule has 7 nitrogen and oxygen atoms in total. The third-order valence-electron chi connectivity index (χ3n) is 4.26. The minimum atomic E-state index is -1.26. The quantitative estimate of drug-likeness (QED) is 0.703. The fraction of sp³-hybridized carbons (Fsp3) is 0.0526. The maximum absolute atomic E-state index is 12.4. The van der Waals surface area contributed by atoms with Crippen molar-refractivity contribution >= 4 is 28.7 Å². The summed E-state index contributed by atoms with van der Waals surface area (Å²) in [6.45, 7) is -0.677. The number of hydrogen-bond donors (Lipinski definition) is 2. The Morgan fingerprint density at radius 3 is 2.54 bits per heavy atom. The van der Waals surface area contributed by atoms with Crippen LogP contribution in [-0.2, 0) is 4.79 Å². The Balaban J connectivity index is 1.79. The largest absolute Gasteiger partial charge is 0.506 e. The Morgan fingerprint density at radius 1 is 1.00 bits per heavy atom. The van der Waals surface area contributed by atoms with E-state index in [1.54, 1.807) is 24.3 Å². The second kappa shape index (κ2) is 5.66. The lowest BCUT2D eigenvalue weighted by Gasteiger charge is -2.09. The normalized spacial score (nSPS) is 13.3. The van der Waals surface area contributed by atoms with E-state index in [2.05, 4.69) is 4.98 Å². The molecule has 0 bridgehead atoms. The van der Waals surface area contributed by atoms with Gasteiger partial charge in [-0.1, -0.05) is 24.3 Å². The van der Waals surface area contributed by atoms with Crippen molar-refractivity contribution in [2.24, 2.45) is 0 Å². The lowest BCUT2D eigenvalue weighted by Crippen LogP contribution is -2.34. The third kappa shape index (κ3) is 2.37. The first-order valence-corrected chi connectivity index (χ1v) is 7.77. The number of amides is 2. The number of phenols is 1. The zero-order chi connectivity index (χ0) is 18.4. The van der Waals surface area contributed by atoms with Crippen LogP contribution < -0.4 is 0 Å². The van der Waals surface area contributed by atoms with Gasteiger partial charge in [-0.2, -0.15) is 0 Å². The minimum Gasteiger partial charge on any atom is -0.506 e. The molecule has 2 heterocycles. The predicted octanol–water partition coefficient (Wildman–Crippen LogP) is 2.29. The highest BCUT2D eigenvalue weighted by molar-refractivity contribution is 6.22. The van der Waals surface area contributed by atoms with Crippen LogP contribution in [0.15, 0.2) is 48.5 Å². The number of rotatable bonds is 3. The molecular formula is C19H12N2O5. The summed E-state index contributed by atoms with van der Waals surface area (Å²) >= 11 is 0. The smallest absolute Gasteiger partial charge is 0.323 e. The van der Waals surface area contributed by atoms with Gasteiger partial charge in [0.15, 0.2) is 0 Å². The molecule has 1 aromatic heterocycles. The molecule has 1 aliphatic heterocycles. The van der Waals surface area contributed by atoms with E-state index in [0.29, 0.717) is 21.7 Å². The molecule has 2 aromatic carbocycles. The number of carboxylic acid groups (broad SMARTS) is 1. The molecular weight excluding hydrogens is 336 g/mol. The average molecular weight is 348 g/mol. The van der Waals surface area contributed by atoms with Crippen LogP contribution in [0.2, 0.25) is 0 Å². The third-order valence-corrected chi connectivity index (χ3v) is 4.26. The van der Waals surface area contributed by atoms with E-state index in [1.165, 1.54) is 18.2 Å². The van der Waals surface area contributed by atoms with Crippen LogP contribution in [0.3, 0.4) is 0 Å². The van der Waals surface area contributed by atoms with Crippen LogP contribution in [0.25, 0.3) is 22.2 Å². The predicted molar refractivity (Wildman–Crippen MR) is 91.8 cm³/mol. The first-order chi connectivity index (χ1) is 12.5. The molecule has 0 radical (unpaired) electrons. The van der Waals surface area contributed by atoms with Crippen LogP contribution in [-0.4, -0.2) is 44.4 Å². The summed E-state index contributed by atoms with van der Waals surface area (Å²) in [6.07, 6.45) is 0. The molecule has 128 valence electrons. The van der Waals surface area contributed by atoms with E-state index >= 15 is 0 Å². The number of imide groups is 1. The van der Waals surface area contributed by atoms with Gasteiger partial charge in [-0.05, 0) is 24.3 Å². The van der Waals surface area contributed by atoms with E-state index < -0.39 is 24.3 Å². The molecule has 3 aromatic rings. The van der Waals surface area contributed by atoms with Crippen LogP contribution in [0.1, 0.15) is 20.7 Å². The Kier molecular flexibility index (Phi) is 3.43. The highest BCUT2D eigenvalue weighted by atomic mass is 16.4. The lowest BCUT2D eigenvalue weighted by molar-refractivity contribution is -0.137. The van der Waals surface area contributed by atoms with Gasteiger partial charge >= 0.3 is 5.97 Å². The summed E-state index contributed by atoms with van der Waals surface area (Å²) in [7, 11) is 0. The van der Waals surface area contributed by atoms with Gasteiger partial charge in [-0.3, -0.25) is 19.3 Å². The highest BCUT2D eigenvalue weighted by Crippen LogP contribution is 2.30. The SMILES string of the molecule is O=C(O)CN1C(=O)c2ccc(-c3ccc4cccc(O)c4n3)cc2C1=O. The molecule has 0 saturated heterocycles. The van der Waals surface area contributed by atoms with Crippen molar-refractivity contribution < 1.29 is 24.6 Å². The van der Waals surface area contributed by atoms with Gasteiger partial charge in [0.05, 0.1) is 16.8 Å². The van der Waals surface area contributed by atoms with Gasteiger partial charge in [-0.25, -0.2) is 4.98 Å². The van der Waals surface area contributed by atoms with Crippen molar-refractivity contribution in [3.8, 4) is 17.0 Å². The molecule has 0 aliphatic carbocycles. The van der Waals surface area contributed by atoms with Crippen LogP contribution in [0, 0.1) is 0 Å². The monoisotopic (exact) mass is 348 g/mol. The van der Waals surface area contributed by atoms with Gasteiger partial charge in [-0.15, -0.1) is 0 Å². The van der Waals surface area contributed by atoms with E-state index in [0.717, 1.165) is 5.39 Å². The van der Waals surface area contributed by atoms with Gasteiger partial charge in [0.1, 0.15) is 17.8 Å². The van der Waals surface area contributed by atoms with Crippen LogP contribution >= 0.6 is 0 Å². The maximum atomic E-state index is 12.4. The number of carbonyl (C=O) groups is 3. The molecule has 26 heavy (non-hydrogen) atoms. The summed E-state index contributed by atoms with van der Waals surface area (Å²) in [4.78, 5) is 40.6. The zero-order valence-corrected chi connectivity index (χ0v) is 13.3. The van der Waals surface area contributed by atoms with Gasteiger partial charge in [0, 0.05) is 10.9 Å². The second-order valence-electron chi connectivity index (χ2n) is 5.90. The van der Waals surface area contributed by atoms with Crippen molar-refractivity contribution in [1.29, 1.82) is 0 Å². The summed E-state index contributed by atoms with van der Waals surface area (Å²) in [5.41, 5.74) is 1.86.